The molecule has 118 valence electrons. The number of nitro benzene ring substituents is 1. The van der Waals surface area contributed by atoms with Gasteiger partial charge in [0.1, 0.15) is 0 Å². The molecule has 1 aromatic rings. The van der Waals surface area contributed by atoms with E-state index in [-0.39, 0.29) is 10.6 Å². The molecule has 0 aliphatic rings. The van der Waals surface area contributed by atoms with Crippen molar-refractivity contribution in [2.24, 2.45) is 5.92 Å². The summed E-state index contributed by atoms with van der Waals surface area (Å²) in [7, 11) is -3.69. The number of benzene rings is 1. The number of hydrogen-bond acceptors (Lipinski definition) is 4. The van der Waals surface area contributed by atoms with E-state index in [1.165, 1.54) is 22.5 Å². The minimum Gasteiger partial charge on any atom is -0.258 e. The Kier molecular flexibility index (Phi) is 6.29. The predicted octanol–water partition coefficient (Wildman–Crippen LogP) is 3.04. The van der Waals surface area contributed by atoms with Crippen LogP contribution in [0.2, 0.25) is 0 Å². The highest BCUT2D eigenvalue weighted by atomic mass is 32.2. The van der Waals surface area contributed by atoms with Gasteiger partial charge in [-0.15, -0.1) is 0 Å². The molecule has 0 bridgehead atoms. The number of non-ortho nitro benzene ring substituents is 1. The second-order valence-corrected chi connectivity index (χ2v) is 6.83. The molecule has 21 heavy (non-hydrogen) atoms. The zero-order chi connectivity index (χ0) is 16.0. The molecule has 0 amide bonds. The van der Waals surface area contributed by atoms with Gasteiger partial charge >= 0.3 is 0 Å². The molecule has 7 heteroatoms. The fourth-order valence-corrected chi connectivity index (χ4v) is 3.70. The molecule has 0 N–H and O–H groups in total. The normalized spacial score (nSPS) is 12.0. The van der Waals surface area contributed by atoms with Gasteiger partial charge in [-0.3, -0.25) is 10.1 Å². The zero-order valence-corrected chi connectivity index (χ0v) is 13.5. The van der Waals surface area contributed by atoms with Crippen molar-refractivity contribution in [2.45, 2.75) is 38.5 Å². The maximum atomic E-state index is 12.6. The van der Waals surface area contributed by atoms with Gasteiger partial charge in [-0.25, -0.2) is 8.42 Å². The smallest absolute Gasteiger partial charge is 0.258 e. The highest BCUT2D eigenvalue weighted by Gasteiger charge is 2.26. The first kappa shape index (κ1) is 17.6. The Balaban J connectivity index is 3.12. The van der Waals surface area contributed by atoms with Crippen LogP contribution >= 0.6 is 0 Å². The summed E-state index contributed by atoms with van der Waals surface area (Å²) >= 11 is 0. The van der Waals surface area contributed by atoms with Crippen molar-refractivity contribution >= 4 is 15.7 Å². The second kappa shape index (κ2) is 7.51. The molecule has 0 heterocycles. The highest BCUT2D eigenvalue weighted by molar-refractivity contribution is 7.89. The van der Waals surface area contributed by atoms with Crippen LogP contribution in [0.15, 0.2) is 29.2 Å². The minimum absolute atomic E-state index is 0.0236. The van der Waals surface area contributed by atoms with Crippen LogP contribution in [0.1, 0.15) is 33.6 Å². The van der Waals surface area contributed by atoms with Gasteiger partial charge in [0.25, 0.3) is 5.69 Å². The molecule has 0 spiro atoms. The van der Waals surface area contributed by atoms with E-state index >= 15 is 0 Å². The summed E-state index contributed by atoms with van der Waals surface area (Å²) in [5, 5.41) is 10.8. The maximum absolute atomic E-state index is 12.6. The fraction of sp³-hybridized carbons (Fsp3) is 0.571. The lowest BCUT2D eigenvalue weighted by atomic mass is 10.0. The minimum atomic E-state index is -3.69. The summed E-state index contributed by atoms with van der Waals surface area (Å²) in [5.74, 6) is 0.290. The van der Waals surface area contributed by atoms with Crippen LogP contribution in [0, 0.1) is 16.0 Å². The first-order chi connectivity index (χ1) is 9.86. The monoisotopic (exact) mass is 314 g/mol. The van der Waals surface area contributed by atoms with E-state index in [1.54, 1.807) is 6.92 Å². The van der Waals surface area contributed by atoms with Gasteiger partial charge in [0, 0.05) is 25.2 Å². The van der Waals surface area contributed by atoms with Gasteiger partial charge in [-0.2, -0.15) is 4.31 Å². The average molecular weight is 314 g/mol. The SMILES string of the molecule is CCC(CC)CN(CC)S(=O)(=O)c1cccc([N+](=O)[O-])c1. The Labute approximate surface area is 126 Å². The quantitative estimate of drug-likeness (QED) is 0.545. The van der Waals surface area contributed by atoms with Crippen LogP contribution < -0.4 is 0 Å². The van der Waals surface area contributed by atoms with Crippen molar-refractivity contribution in [3.05, 3.63) is 34.4 Å². The van der Waals surface area contributed by atoms with E-state index in [1.807, 2.05) is 13.8 Å². The van der Waals surface area contributed by atoms with Crippen LogP contribution in [0.25, 0.3) is 0 Å². The number of nitrogens with zero attached hydrogens (tertiary/aromatic N) is 2. The molecule has 0 atom stereocenters. The zero-order valence-electron chi connectivity index (χ0n) is 12.7. The Bertz CT molecular complexity index is 582. The highest BCUT2D eigenvalue weighted by Crippen LogP contribution is 2.22. The molecule has 1 rings (SSSR count). The molecular formula is C14H22N2O4S. The standard InChI is InChI=1S/C14H22N2O4S/c1-4-12(5-2)11-15(6-3)21(19,20)14-9-7-8-13(10-14)16(17)18/h7-10,12H,4-6,11H2,1-3H3. The van der Waals surface area contributed by atoms with Crippen molar-refractivity contribution < 1.29 is 13.3 Å². The molecule has 0 aliphatic carbocycles. The summed E-state index contributed by atoms with van der Waals surface area (Å²) in [6.45, 7) is 6.62. The van der Waals surface area contributed by atoms with E-state index in [0.29, 0.717) is 19.0 Å². The number of nitro groups is 1. The first-order valence-electron chi connectivity index (χ1n) is 7.11. The summed E-state index contributed by atoms with van der Waals surface area (Å²) in [6.07, 6.45) is 1.80. The molecule has 0 aliphatic heterocycles. The molecule has 0 aromatic heterocycles. The molecule has 0 unspecified atom stereocenters. The number of hydrogen-bond donors (Lipinski definition) is 0. The van der Waals surface area contributed by atoms with E-state index in [0.717, 1.165) is 18.9 Å². The molecule has 0 saturated carbocycles. The number of sulfonamides is 1. The number of rotatable bonds is 8. The van der Waals surface area contributed by atoms with Gasteiger partial charge in [-0.05, 0) is 12.0 Å². The van der Waals surface area contributed by atoms with Crippen molar-refractivity contribution in [2.75, 3.05) is 13.1 Å². The lowest BCUT2D eigenvalue weighted by Crippen LogP contribution is -2.35. The molecular weight excluding hydrogens is 292 g/mol. The topological polar surface area (TPSA) is 80.5 Å². The van der Waals surface area contributed by atoms with Crippen LogP contribution in [-0.2, 0) is 10.0 Å². The van der Waals surface area contributed by atoms with Crippen LogP contribution in [0.5, 0.6) is 0 Å². The Morgan fingerprint density at radius 2 is 1.86 bits per heavy atom. The third-order valence-electron chi connectivity index (χ3n) is 3.64. The van der Waals surface area contributed by atoms with E-state index in [2.05, 4.69) is 0 Å². The van der Waals surface area contributed by atoms with Crippen LogP contribution in [0.4, 0.5) is 5.69 Å². The second-order valence-electron chi connectivity index (χ2n) is 4.89. The Morgan fingerprint density at radius 1 is 1.24 bits per heavy atom. The van der Waals surface area contributed by atoms with Gasteiger partial charge < -0.3 is 0 Å². The third kappa shape index (κ3) is 4.25. The first-order valence-corrected chi connectivity index (χ1v) is 8.55. The maximum Gasteiger partial charge on any atom is 0.270 e. The van der Waals surface area contributed by atoms with Crippen molar-refractivity contribution in [3.63, 3.8) is 0 Å². The largest absolute Gasteiger partial charge is 0.270 e. The van der Waals surface area contributed by atoms with E-state index in [4.69, 9.17) is 0 Å². The fourth-order valence-electron chi connectivity index (χ4n) is 2.14. The van der Waals surface area contributed by atoms with Crippen LogP contribution in [-0.4, -0.2) is 30.7 Å². The summed E-state index contributed by atoms with van der Waals surface area (Å²) < 4.78 is 26.6. The summed E-state index contributed by atoms with van der Waals surface area (Å²) in [4.78, 5) is 10.2. The average Bonchev–Trinajstić information content (AvgIpc) is 2.48. The van der Waals surface area contributed by atoms with Crippen LogP contribution in [0.3, 0.4) is 0 Å². The van der Waals surface area contributed by atoms with E-state index < -0.39 is 14.9 Å². The Morgan fingerprint density at radius 3 is 2.33 bits per heavy atom. The van der Waals surface area contributed by atoms with Crippen molar-refractivity contribution in [1.82, 2.24) is 4.31 Å². The van der Waals surface area contributed by atoms with Gasteiger partial charge in [0.15, 0.2) is 0 Å². The van der Waals surface area contributed by atoms with Crippen molar-refractivity contribution in [1.29, 1.82) is 0 Å². The predicted molar refractivity (Wildman–Crippen MR) is 81.6 cm³/mol. The van der Waals surface area contributed by atoms with Gasteiger partial charge in [0.2, 0.25) is 10.0 Å². The molecule has 6 nitrogen and oxygen atoms in total. The lowest BCUT2D eigenvalue weighted by Gasteiger charge is -2.24. The third-order valence-corrected chi connectivity index (χ3v) is 5.57. The Hall–Kier alpha value is -1.47. The van der Waals surface area contributed by atoms with E-state index in [9.17, 15) is 18.5 Å². The molecule has 0 saturated heterocycles. The van der Waals surface area contributed by atoms with Gasteiger partial charge in [-0.1, -0.05) is 39.7 Å². The molecule has 0 radical (unpaired) electrons. The summed E-state index contributed by atoms with van der Waals surface area (Å²) in [6, 6.07) is 5.20. The lowest BCUT2D eigenvalue weighted by molar-refractivity contribution is -0.385. The van der Waals surface area contributed by atoms with Gasteiger partial charge in [0.05, 0.1) is 9.82 Å². The summed E-state index contributed by atoms with van der Waals surface area (Å²) in [5.41, 5.74) is -0.213. The molecule has 1 aromatic carbocycles. The molecule has 0 fully saturated rings. The van der Waals surface area contributed by atoms with Crippen molar-refractivity contribution in [3.8, 4) is 0 Å².